The van der Waals surface area contributed by atoms with E-state index >= 15 is 0 Å². The first-order valence-electron chi connectivity index (χ1n) is 7.97. The van der Waals surface area contributed by atoms with Gasteiger partial charge in [0.15, 0.2) is 0 Å². The topological polar surface area (TPSA) is 52.2 Å². The van der Waals surface area contributed by atoms with Gasteiger partial charge in [0.1, 0.15) is 12.6 Å². The Balaban J connectivity index is 1.67. The molecule has 2 aromatic heterocycles. The van der Waals surface area contributed by atoms with Gasteiger partial charge in [-0.1, -0.05) is 12.1 Å². The molecule has 1 aromatic carbocycles. The molecule has 0 unspecified atom stereocenters. The van der Waals surface area contributed by atoms with Crippen LogP contribution < -0.4 is 5.32 Å². The lowest BCUT2D eigenvalue weighted by molar-refractivity contribution is -0.708. The van der Waals surface area contributed by atoms with E-state index in [0.29, 0.717) is 6.04 Å². The summed E-state index contributed by atoms with van der Waals surface area (Å²) >= 11 is 0. The zero-order valence-electron chi connectivity index (χ0n) is 14.2. The van der Waals surface area contributed by atoms with Gasteiger partial charge in [0, 0.05) is 41.9 Å². The highest BCUT2D eigenvalue weighted by Crippen LogP contribution is 2.14. The van der Waals surface area contributed by atoms with Crippen molar-refractivity contribution in [2.24, 2.45) is 7.05 Å². The van der Waals surface area contributed by atoms with Crippen molar-refractivity contribution in [3.05, 3.63) is 65.5 Å². The largest absolute Gasteiger partial charge is 0.336 e. The van der Waals surface area contributed by atoms with E-state index in [1.165, 1.54) is 16.8 Å². The Bertz CT molecular complexity index is 769. The predicted molar refractivity (Wildman–Crippen MR) is 90.3 cm³/mol. The van der Waals surface area contributed by atoms with Crippen molar-refractivity contribution in [2.45, 2.75) is 33.4 Å². The van der Waals surface area contributed by atoms with Crippen LogP contribution in [0, 0.1) is 13.8 Å². The summed E-state index contributed by atoms with van der Waals surface area (Å²) in [6.07, 6.45) is 5.57. The summed E-state index contributed by atoms with van der Waals surface area (Å²) in [7, 11) is 2.00. The second-order valence-electron chi connectivity index (χ2n) is 6.06. The van der Waals surface area contributed by atoms with E-state index in [1.54, 1.807) is 6.20 Å². The van der Waals surface area contributed by atoms with Crippen LogP contribution in [0.4, 0.5) is 0 Å². The van der Waals surface area contributed by atoms with E-state index in [2.05, 4.69) is 60.4 Å². The molecule has 0 spiro atoms. The third-order valence-electron chi connectivity index (χ3n) is 4.56. The molecule has 23 heavy (non-hydrogen) atoms. The third kappa shape index (κ3) is 3.19. The molecule has 0 aliphatic carbocycles. The molecule has 0 aliphatic rings. The summed E-state index contributed by atoms with van der Waals surface area (Å²) in [5.41, 5.74) is 6.19. The highest BCUT2D eigenvalue weighted by molar-refractivity contribution is 5.35. The molecule has 3 rings (SSSR count). The summed E-state index contributed by atoms with van der Waals surface area (Å²) in [4.78, 5) is 4.09. The lowest BCUT2D eigenvalue weighted by Gasteiger charge is -2.12. The van der Waals surface area contributed by atoms with Crippen LogP contribution in [0.2, 0.25) is 0 Å². The van der Waals surface area contributed by atoms with Gasteiger partial charge >= 0.3 is 0 Å². The van der Waals surface area contributed by atoms with E-state index in [0.717, 1.165) is 17.9 Å². The third-order valence-corrected chi connectivity index (χ3v) is 4.56. The van der Waals surface area contributed by atoms with Gasteiger partial charge < -0.3 is 9.88 Å². The van der Waals surface area contributed by atoms with Crippen molar-refractivity contribution in [1.29, 1.82) is 0 Å². The molecular weight excluding hydrogens is 286 g/mol. The first-order valence-corrected chi connectivity index (χ1v) is 7.97. The van der Waals surface area contributed by atoms with E-state index < -0.39 is 0 Å². The van der Waals surface area contributed by atoms with Gasteiger partial charge in [0.05, 0.1) is 12.0 Å². The number of aryl methyl sites for hydroxylation is 2. The molecule has 2 N–H and O–H groups in total. The summed E-state index contributed by atoms with van der Waals surface area (Å²) in [6, 6.07) is 9.08. The molecule has 0 radical (unpaired) electrons. The lowest BCUT2D eigenvalue weighted by Crippen LogP contribution is -2.83. The quantitative estimate of drug-likeness (QED) is 0.784. The molecule has 1 atom stereocenters. The zero-order chi connectivity index (χ0) is 16.4. The van der Waals surface area contributed by atoms with Gasteiger partial charge in [-0.05, 0) is 32.9 Å². The first-order chi connectivity index (χ1) is 11.1. The molecule has 5 nitrogen and oxygen atoms in total. The number of hydrogen-bond donors (Lipinski definition) is 1. The van der Waals surface area contributed by atoms with E-state index in [4.69, 9.17) is 0 Å². The molecule has 3 aromatic rings. The number of aromatic nitrogens is 4. The van der Waals surface area contributed by atoms with Crippen molar-refractivity contribution >= 4 is 0 Å². The standard InChI is InChI=1S/C18H23N5/c1-13(20-11-18-14(2)21-22(4)15(18)3)16-5-7-17(8-6-16)23-10-9-19-12-23/h5-10,12-13,20H,11H2,1-4H3/p+1/t13-/m0/s1. The fourth-order valence-corrected chi connectivity index (χ4v) is 2.91. The van der Waals surface area contributed by atoms with E-state index in [9.17, 15) is 0 Å². The maximum atomic E-state index is 4.49. The van der Waals surface area contributed by atoms with Crippen molar-refractivity contribution in [1.82, 2.24) is 19.3 Å². The number of nitrogens with two attached hydrogens (primary N) is 1. The molecular formula is C18H24N5+. The smallest absolute Gasteiger partial charge is 0.109 e. The van der Waals surface area contributed by atoms with E-state index in [1.807, 2.05) is 28.8 Å². The number of rotatable bonds is 5. The van der Waals surface area contributed by atoms with Crippen molar-refractivity contribution in [3.63, 3.8) is 0 Å². The minimum absolute atomic E-state index is 0.408. The molecule has 5 heteroatoms. The van der Waals surface area contributed by atoms with Gasteiger partial charge in [0.25, 0.3) is 0 Å². The highest BCUT2D eigenvalue weighted by Gasteiger charge is 2.14. The van der Waals surface area contributed by atoms with Gasteiger partial charge in [-0.3, -0.25) is 4.68 Å². The molecule has 0 saturated carbocycles. The number of quaternary nitrogens is 1. The minimum Gasteiger partial charge on any atom is -0.336 e. The minimum atomic E-state index is 0.408. The molecule has 0 saturated heterocycles. The second kappa shape index (κ2) is 6.38. The predicted octanol–water partition coefficient (Wildman–Crippen LogP) is 2.05. The van der Waals surface area contributed by atoms with E-state index in [-0.39, 0.29) is 0 Å². The fourth-order valence-electron chi connectivity index (χ4n) is 2.91. The van der Waals surface area contributed by atoms with Crippen LogP contribution in [0.3, 0.4) is 0 Å². The highest BCUT2D eigenvalue weighted by atomic mass is 15.3. The van der Waals surface area contributed by atoms with Crippen LogP contribution >= 0.6 is 0 Å². The molecule has 0 bridgehead atoms. The number of hydrogen-bond acceptors (Lipinski definition) is 2. The lowest BCUT2D eigenvalue weighted by atomic mass is 10.1. The SMILES string of the molecule is Cc1nn(C)c(C)c1C[NH2+][C@@H](C)c1ccc(-n2ccnc2)cc1. The summed E-state index contributed by atoms with van der Waals surface area (Å²) in [5, 5.41) is 6.85. The maximum absolute atomic E-state index is 4.49. The van der Waals surface area contributed by atoms with Gasteiger partial charge in [-0.2, -0.15) is 5.10 Å². The first kappa shape index (κ1) is 15.5. The Hall–Kier alpha value is -2.40. The van der Waals surface area contributed by atoms with Gasteiger partial charge in [-0.15, -0.1) is 0 Å². The molecule has 120 valence electrons. The monoisotopic (exact) mass is 310 g/mol. The summed E-state index contributed by atoms with van der Waals surface area (Å²) in [6.45, 7) is 7.41. The number of benzene rings is 1. The number of nitrogens with zero attached hydrogens (tertiary/aromatic N) is 4. The average Bonchev–Trinajstić information content (AvgIpc) is 3.16. The Kier molecular flexibility index (Phi) is 4.30. The maximum Gasteiger partial charge on any atom is 0.109 e. The van der Waals surface area contributed by atoms with Crippen molar-refractivity contribution in [3.8, 4) is 5.69 Å². The van der Waals surface area contributed by atoms with Crippen LogP contribution in [0.5, 0.6) is 0 Å². The van der Waals surface area contributed by atoms with Crippen LogP contribution in [-0.2, 0) is 13.6 Å². The Labute approximate surface area is 137 Å². The second-order valence-corrected chi connectivity index (χ2v) is 6.06. The Morgan fingerprint density at radius 1 is 1.17 bits per heavy atom. The van der Waals surface area contributed by atoms with Crippen LogP contribution in [0.1, 0.15) is 35.5 Å². The van der Waals surface area contributed by atoms with Gasteiger partial charge in [-0.25, -0.2) is 4.98 Å². The summed E-state index contributed by atoms with van der Waals surface area (Å²) < 4.78 is 3.98. The molecule has 0 aliphatic heterocycles. The van der Waals surface area contributed by atoms with Crippen LogP contribution in [0.25, 0.3) is 5.69 Å². The van der Waals surface area contributed by atoms with Crippen LogP contribution in [-0.4, -0.2) is 19.3 Å². The normalized spacial score (nSPS) is 12.5. The van der Waals surface area contributed by atoms with Crippen LogP contribution in [0.15, 0.2) is 43.0 Å². The molecule has 2 heterocycles. The summed E-state index contributed by atoms with van der Waals surface area (Å²) in [5.74, 6) is 0. The van der Waals surface area contributed by atoms with Crippen molar-refractivity contribution in [2.75, 3.05) is 0 Å². The van der Waals surface area contributed by atoms with Crippen molar-refractivity contribution < 1.29 is 5.32 Å². The number of imidazole rings is 1. The average molecular weight is 310 g/mol. The Morgan fingerprint density at radius 2 is 1.91 bits per heavy atom. The fraction of sp³-hybridized carbons (Fsp3) is 0.333. The molecule has 0 fully saturated rings. The van der Waals surface area contributed by atoms with Gasteiger partial charge in [0.2, 0.25) is 0 Å². The molecule has 0 amide bonds. The zero-order valence-corrected chi connectivity index (χ0v) is 14.2. The Morgan fingerprint density at radius 3 is 2.48 bits per heavy atom.